The van der Waals surface area contributed by atoms with Gasteiger partial charge in [-0.3, -0.25) is 0 Å². The second-order valence-electron chi connectivity index (χ2n) is 5.58. The molecule has 0 saturated carbocycles. The highest BCUT2D eigenvalue weighted by molar-refractivity contribution is 5.89. The Morgan fingerprint density at radius 3 is 2.50 bits per heavy atom. The molecule has 1 aliphatic heterocycles. The van der Waals surface area contributed by atoms with Gasteiger partial charge in [-0.15, -0.1) is 0 Å². The van der Waals surface area contributed by atoms with Gasteiger partial charge in [-0.25, -0.2) is 9.78 Å². The molecule has 0 aliphatic carbocycles. The average molecular weight is 328 g/mol. The molecule has 2 aromatic rings. The van der Waals surface area contributed by atoms with Crippen LogP contribution in [0.1, 0.15) is 29.6 Å². The molecule has 1 fully saturated rings. The number of aromatic nitrogens is 2. The van der Waals surface area contributed by atoms with Crippen molar-refractivity contribution >= 4 is 17.5 Å². The molecule has 7 heteroatoms. The van der Waals surface area contributed by atoms with Gasteiger partial charge in [0, 0.05) is 13.1 Å². The number of methoxy groups -OCH3 is 1. The number of rotatable bonds is 4. The van der Waals surface area contributed by atoms with Gasteiger partial charge in [0.1, 0.15) is 17.8 Å². The lowest BCUT2D eigenvalue weighted by Gasteiger charge is -2.28. The van der Waals surface area contributed by atoms with Gasteiger partial charge in [0.25, 0.3) is 0 Å². The first-order chi connectivity index (χ1) is 11.7. The maximum atomic E-state index is 11.4. The van der Waals surface area contributed by atoms with E-state index in [0.717, 1.165) is 25.9 Å². The number of nitrogens with zero attached hydrogens (tertiary/aromatic N) is 3. The van der Waals surface area contributed by atoms with E-state index in [-0.39, 0.29) is 0 Å². The smallest absolute Gasteiger partial charge is 0.337 e. The van der Waals surface area contributed by atoms with Crippen LogP contribution in [0, 0.1) is 0 Å². The predicted molar refractivity (Wildman–Crippen MR) is 90.4 cm³/mol. The zero-order valence-corrected chi connectivity index (χ0v) is 13.6. The third-order valence-electron chi connectivity index (χ3n) is 3.97. The standard InChI is InChI=1S/C17H20N4O3/c1-23-17(22)12-5-7-13(8-6-12)24-16-14(18)15(19-11-20-16)21-9-3-2-4-10-21/h5-8,11H,2-4,9-10,18H2,1H3. The number of hydrogen-bond acceptors (Lipinski definition) is 7. The quantitative estimate of drug-likeness (QED) is 0.863. The molecule has 0 unspecified atom stereocenters. The Kier molecular flexibility index (Phi) is 4.79. The van der Waals surface area contributed by atoms with Crippen molar-refractivity contribution in [1.29, 1.82) is 0 Å². The molecular formula is C17H20N4O3. The zero-order chi connectivity index (χ0) is 16.9. The minimum atomic E-state index is -0.393. The Morgan fingerprint density at radius 2 is 1.83 bits per heavy atom. The fourth-order valence-electron chi connectivity index (χ4n) is 2.70. The number of benzene rings is 1. The van der Waals surface area contributed by atoms with E-state index in [1.165, 1.54) is 19.9 Å². The summed E-state index contributed by atoms with van der Waals surface area (Å²) in [5.74, 6) is 1.18. The molecule has 1 aromatic carbocycles. The van der Waals surface area contributed by atoms with Gasteiger partial charge >= 0.3 is 5.97 Å². The number of carbonyl (C=O) groups excluding carboxylic acids is 1. The molecule has 0 spiro atoms. The molecule has 0 amide bonds. The van der Waals surface area contributed by atoms with Gasteiger partial charge in [-0.05, 0) is 43.5 Å². The molecule has 2 heterocycles. The molecule has 7 nitrogen and oxygen atoms in total. The van der Waals surface area contributed by atoms with Gasteiger partial charge in [0.05, 0.1) is 12.7 Å². The minimum Gasteiger partial charge on any atom is -0.465 e. The highest BCUT2D eigenvalue weighted by atomic mass is 16.5. The summed E-state index contributed by atoms with van der Waals surface area (Å²) >= 11 is 0. The van der Waals surface area contributed by atoms with Gasteiger partial charge in [0.2, 0.25) is 5.88 Å². The molecular weight excluding hydrogens is 308 g/mol. The van der Waals surface area contributed by atoms with E-state index in [1.54, 1.807) is 24.3 Å². The molecule has 0 bridgehead atoms. The van der Waals surface area contributed by atoms with E-state index >= 15 is 0 Å². The summed E-state index contributed by atoms with van der Waals surface area (Å²) in [4.78, 5) is 22.0. The van der Waals surface area contributed by atoms with Gasteiger partial charge in [-0.1, -0.05) is 0 Å². The third kappa shape index (κ3) is 3.40. The summed E-state index contributed by atoms with van der Waals surface area (Å²) in [7, 11) is 1.34. The predicted octanol–water partition coefficient (Wildman–Crippen LogP) is 2.63. The van der Waals surface area contributed by atoms with Crippen LogP contribution in [0.4, 0.5) is 11.5 Å². The molecule has 1 aromatic heterocycles. The summed E-state index contributed by atoms with van der Waals surface area (Å²) in [6.45, 7) is 1.88. The van der Waals surface area contributed by atoms with E-state index in [1.807, 2.05) is 0 Å². The van der Waals surface area contributed by atoms with Crippen molar-refractivity contribution < 1.29 is 14.3 Å². The van der Waals surface area contributed by atoms with Crippen molar-refractivity contribution in [1.82, 2.24) is 9.97 Å². The number of hydrogen-bond donors (Lipinski definition) is 1. The fraction of sp³-hybridized carbons (Fsp3) is 0.353. The van der Waals surface area contributed by atoms with Crippen LogP contribution in [0.5, 0.6) is 11.6 Å². The molecule has 1 aliphatic rings. The molecule has 1 saturated heterocycles. The number of ether oxygens (including phenoxy) is 2. The molecule has 2 N–H and O–H groups in total. The van der Waals surface area contributed by atoms with E-state index < -0.39 is 5.97 Å². The second kappa shape index (κ2) is 7.16. The number of carbonyl (C=O) groups is 1. The van der Waals surface area contributed by atoms with Crippen molar-refractivity contribution in [3.8, 4) is 11.6 Å². The van der Waals surface area contributed by atoms with Gasteiger partial charge < -0.3 is 20.1 Å². The molecule has 3 rings (SSSR count). The summed E-state index contributed by atoms with van der Waals surface area (Å²) < 4.78 is 10.4. The molecule has 0 atom stereocenters. The number of esters is 1. The summed E-state index contributed by atoms with van der Waals surface area (Å²) in [5, 5.41) is 0. The molecule has 126 valence electrons. The normalized spacial score (nSPS) is 14.3. The topological polar surface area (TPSA) is 90.6 Å². The van der Waals surface area contributed by atoms with Crippen molar-refractivity contribution in [2.75, 3.05) is 30.8 Å². The Labute approximate surface area is 140 Å². The van der Waals surface area contributed by atoms with E-state index in [2.05, 4.69) is 19.6 Å². The Morgan fingerprint density at radius 1 is 1.12 bits per heavy atom. The zero-order valence-electron chi connectivity index (χ0n) is 13.6. The highest BCUT2D eigenvalue weighted by Crippen LogP contribution is 2.32. The first-order valence-electron chi connectivity index (χ1n) is 7.90. The number of piperidine rings is 1. The van der Waals surface area contributed by atoms with Crippen LogP contribution >= 0.6 is 0 Å². The average Bonchev–Trinajstić information content (AvgIpc) is 2.64. The van der Waals surface area contributed by atoms with Crippen LogP contribution in [0.2, 0.25) is 0 Å². The number of nitrogen functional groups attached to an aromatic ring is 1. The van der Waals surface area contributed by atoms with Crippen LogP contribution in [0.15, 0.2) is 30.6 Å². The fourth-order valence-corrected chi connectivity index (χ4v) is 2.70. The molecule has 0 radical (unpaired) electrons. The lowest BCUT2D eigenvalue weighted by Crippen LogP contribution is -2.31. The van der Waals surface area contributed by atoms with Gasteiger partial charge in [0.15, 0.2) is 5.82 Å². The Bertz CT molecular complexity index is 712. The maximum Gasteiger partial charge on any atom is 0.337 e. The lowest BCUT2D eigenvalue weighted by molar-refractivity contribution is 0.0600. The van der Waals surface area contributed by atoms with Crippen molar-refractivity contribution in [2.45, 2.75) is 19.3 Å². The summed E-state index contributed by atoms with van der Waals surface area (Å²) in [6, 6.07) is 6.61. The van der Waals surface area contributed by atoms with E-state index in [0.29, 0.717) is 28.7 Å². The van der Waals surface area contributed by atoms with Crippen LogP contribution in [0.25, 0.3) is 0 Å². The van der Waals surface area contributed by atoms with Crippen LogP contribution in [-0.2, 0) is 4.74 Å². The lowest BCUT2D eigenvalue weighted by atomic mass is 10.1. The van der Waals surface area contributed by atoms with Crippen LogP contribution in [0.3, 0.4) is 0 Å². The SMILES string of the molecule is COC(=O)c1ccc(Oc2ncnc(N3CCCCC3)c2N)cc1. The number of nitrogens with two attached hydrogens (primary N) is 1. The number of anilines is 2. The van der Waals surface area contributed by atoms with Crippen molar-refractivity contribution in [3.05, 3.63) is 36.2 Å². The summed E-state index contributed by atoms with van der Waals surface area (Å²) in [5.41, 5.74) is 7.08. The van der Waals surface area contributed by atoms with Crippen LogP contribution < -0.4 is 15.4 Å². The van der Waals surface area contributed by atoms with Crippen molar-refractivity contribution in [3.63, 3.8) is 0 Å². The Hall–Kier alpha value is -2.83. The monoisotopic (exact) mass is 328 g/mol. The first-order valence-corrected chi connectivity index (χ1v) is 7.90. The summed E-state index contributed by atoms with van der Waals surface area (Å²) in [6.07, 6.45) is 4.96. The second-order valence-corrected chi connectivity index (χ2v) is 5.58. The maximum absolute atomic E-state index is 11.4. The Balaban J connectivity index is 1.78. The largest absolute Gasteiger partial charge is 0.465 e. The van der Waals surface area contributed by atoms with E-state index in [9.17, 15) is 4.79 Å². The van der Waals surface area contributed by atoms with Crippen LogP contribution in [-0.4, -0.2) is 36.1 Å². The molecule has 24 heavy (non-hydrogen) atoms. The third-order valence-corrected chi connectivity index (χ3v) is 3.97. The van der Waals surface area contributed by atoms with Crippen molar-refractivity contribution in [2.24, 2.45) is 0 Å². The minimum absolute atomic E-state index is 0.316. The first kappa shape index (κ1) is 16.0. The van der Waals surface area contributed by atoms with E-state index in [4.69, 9.17) is 10.5 Å². The van der Waals surface area contributed by atoms with Gasteiger partial charge in [-0.2, -0.15) is 4.98 Å². The highest BCUT2D eigenvalue weighted by Gasteiger charge is 2.18.